The van der Waals surface area contributed by atoms with E-state index in [9.17, 15) is 9.90 Å². The number of hydrogen-bond donors (Lipinski definition) is 1. The Morgan fingerprint density at radius 1 is 1.03 bits per heavy atom. The van der Waals surface area contributed by atoms with E-state index < -0.39 is 0 Å². The zero-order chi connectivity index (χ0) is 25.5. The second-order valence-corrected chi connectivity index (χ2v) is 11.9. The lowest BCUT2D eigenvalue weighted by atomic mass is 9.78. The normalized spacial score (nSPS) is 13.1. The molecule has 4 aromatic rings. The van der Waals surface area contributed by atoms with Crippen LogP contribution in [-0.2, 0) is 10.8 Å². The first kappa shape index (κ1) is 24.9. The predicted octanol–water partition coefficient (Wildman–Crippen LogP) is 5.46. The molecule has 184 valence electrons. The molecule has 0 spiro atoms. The Kier molecular flexibility index (Phi) is 6.49. The van der Waals surface area contributed by atoms with Gasteiger partial charge in [0.1, 0.15) is 11.5 Å². The molecule has 2 heterocycles. The van der Waals surface area contributed by atoms with Gasteiger partial charge < -0.3 is 9.84 Å². The smallest absolute Gasteiger partial charge is 0.291 e. The Hall–Kier alpha value is -3.19. The minimum Gasteiger partial charge on any atom is -0.507 e. The molecule has 0 aliphatic rings. The lowest BCUT2D eigenvalue weighted by Gasteiger charge is -2.27. The van der Waals surface area contributed by atoms with Crippen molar-refractivity contribution in [1.82, 2.24) is 14.6 Å². The molecule has 0 aliphatic heterocycles. The average Bonchev–Trinajstić information content (AvgIpc) is 3.31. The first-order chi connectivity index (χ1) is 16.4. The molecule has 6 nitrogen and oxygen atoms in total. The maximum atomic E-state index is 13.2. The number of nitrogens with zero attached hydrogens (tertiary/aromatic N) is 3. The standard InChI is InChI=1S/C28H33N3O3S/c1-8-13-34-19-11-9-18(10-12-19)24-29-26-31(30-24)25(33)22(35-26)16-17-14-20(27(2,3)4)23(32)21(15-17)28(5,6)7/h9-12,14-16,32H,8,13H2,1-7H3/b22-16+. The number of fused-ring (bicyclic) bond motifs is 1. The highest BCUT2D eigenvalue weighted by Gasteiger charge is 2.26. The van der Waals surface area contributed by atoms with Gasteiger partial charge in [0.2, 0.25) is 4.96 Å². The van der Waals surface area contributed by atoms with Gasteiger partial charge >= 0.3 is 0 Å². The summed E-state index contributed by atoms with van der Waals surface area (Å²) in [5.74, 6) is 1.63. The molecule has 35 heavy (non-hydrogen) atoms. The number of thiazole rings is 1. The van der Waals surface area contributed by atoms with Crippen molar-refractivity contribution in [3.8, 4) is 22.9 Å². The van der Waals surface area contributed by atoms with E-state index in [1.807, 2.05) is 42.5 Å². The van der Waals surface area contributed by atoms with Crippen LogP contribution in [0.25, 0.3) is 22.4 Å². The van der Waals surface area contributed by atoms with Crippen LogP contribution in [0.1, 0.15) is 71.6 Å². The Labute approximate surface area is 209 Å². The van der Waals surface area contributed by atoms with Crippen LogP contribution >= 0.6 is 11.3 Å². The molecule has 0 amide bonds. The summed E-state index contributed by atoms with van der Waals surface area (Å²) >= 11 is 1.31. The monoisotopic (exact) mass is 491 g/mol. The largest absolute Gasteiger partial charge is 0.507 e. The number of aromatic nitrogens is 3. The summed E-state index contributed by atoms with van der Waals surface area (Å²) in [5.41, 5.74) is 2.74. The molecular weight excluding hydrogens is 458 g/mol. The lowest BCUT2D eigenvalue weighted by Crippen LogP contribution is -2.24. The van der Waals surface area contributed by atoms with Gasteiger partial charge in [-0.05, 0) is 65.3 Å². The van der Waals surface area contributed by atoms with Crippen molar-refractivity contribution in [3.05, 3.63) is 68.0 Å². The highest BCUT2D eigenvalue weighted by atomic mass is 32.1. The minimum atomic E-state index is -0.244. The second-order valence-electron chi connectivity index (χ2n) is 10.9. The summed E-state index contributed by atoms with van der Waals surface area (Å²) in [6.07, 6.45) is 2.82. The third-order valence-corrected chi connectivity index (χ3v) is 6.77. The van der Waals surface area contributed by atoms with Crippen molar-refractivity contribution in [3.63, 3.8) is 0 Å². The van der Waals surface area contributed by atoms with E-state index >= 15 is 0 Å². The molecule has 7 heteroatoms. The first-order valence-electron chi connectivity index (χ1n) is 11.9. The lowest BCUT2D eigenvalue weighted by molar-refractivity contribution is 0.317. The van der Waals surface area contributed by atoms with Gasteiger partial charge in [-0.2, -0.15) is 9.50 Å². The number of ether oxygens (including phenoxy) is 1. The van der Waals surface area contributed by atoms with Crippen molar-refractivity contribution in [2.24, 2.45) is 0 Å². The van der Waals surface area contributed by atoms with Gasteiger partial charge in [-0.3, -0.25) is 4.79 Å². The van der Waals surface area contributed by atoms with E-state index in [2.05, 4.69) is 58.5 Å². The van der Waals surface area contributed by atoms with Crippen LogP contribution in [0.5, 0.6) is 11.5 Å². The highest BCUT2D eigenvalue weighted by molar-refractivity contribution is 7.15. The van der Waals surface area contributed by atoms with Crippen molar-refractivity contribution >= 4 is 22.4 Å². The molecule has 0 fully saturated rings. The first-order valence-corrected chi connectivity index (χ1v) is 12.7. The van der Waals surface area contributed by atoms with E-state index in [0.717, 1.165) is 34.4 Å². The predicted molar refractivity (Wildman–Crippen MR) is 143 cm³/mol. The number of phenolic OH excluding ortho intramolecular Hbond substituents is 1. The van der Waals surface area contributed by atoms with Crippen LogP contribution < -0.4 is 14.8 Å². The van der Waals surface area contributed by atoms with Gasteiger partial charge in [-0.1, -0.05) is 59.8 Å². The number of aromatic hydroxyl groups is 1. The Morgan fingerprint density at radius 2 is 1.63 bits per heavy atom. The molecule has 0 bridgehead atoms. The van der Waals surface area contributed by atoms with Crippen LogP contribution in [0.4, 0.5) is 0 Å². The topological polar surface area (TPSA) is 76.7 Å². The van der Waals surface area contributed by atoms with Crippen LogP contribution in [0.3, 0.4) is 0 Å². The highest BCUT2D eigenvalue weighted by Crippen LogP contribution is 2.39. The van der Waals surface area contributed by atoms with E-state index in [0.29, 0.717) is 27.7 Å². The van der Waals surface area contributed by atoms with Crippen molar-refractivity contribution in [2.75, 3.05) is 6.61 Å². The third-order valence-electron chi connectivity index (χ3n) is 5.81. The molecule has 0 saturated carbocycles. The SMILES string of the molecule is CCCOc1ccc(-c2nc3s/c(=C/c4cc(C(C)(C)C)c(O)c(C(C)(C)C)c4)c(=O)n3n2)cc1. The van der Waals surface area contributed by atoms with E-state index in [4.69, 9.17) is 4.74 Å². The molecule has 0 saturated heterocycles. The second kappa shape index (κ2) is 9.11. The summed E-state index contributed by atoms with van der Waals surface area (Å²) in [4.78, 5) is 18.3. The molecule has 0 atom stereocenters. The Bertz CT molecular complexity index is 1430. The van der Waals surface area contributed by atoms with Crippen LogP contribution in [0, 0.1) is 0 Å². The van der Waals surface area contributed by atoms with Crippen LogP contribution in [-0.4, -0.2) is 26.3 Å². The average molecular weight is 492 g/mol. The van der Waals surface area contributed by atoms with Crippen molar-refractivity contribution in [2.45, 2.75) is 65.7 Å². The Morgan fingerprint density at radius 3 is 2.14 bits per heavy atom. The maximum Gasteiger partial charge on any atom is 0.291 e. The molecule has 0 radical (unpaired) electrons. The van der Waals surface area contributed by atoms with Gasteiger partial charge in [0.05, 0.1) is 11.1 Å². The molecule has 0 unspecified atom stereocenters. The molecular formula is C28H33N3O3S. The molecule has 2 aromatic carbocycles. The quantitative estimate of drug-likeness (QED) is 0.401. The van der Waals surface area contributed by atoms with Gasteiger partial charge in [0.25, 0.3) is 5.56 Å². The fourth-order valence-corrected chi connectivity index (χ4v) is 4.82. The zero-order valence-corrected chi connectivity index (χ0v) is 22.3. The van der Waals surface area contributed by atoms with Gasteiger partial charge in [-0.25, -0.2) is 0 Å². The van der Waals surface area contributed by atoms with Crippen LogP contribution in [0.15, 0.2) is 41.2 Å². The van der Waals surface area contributed by atoms with E-state index in [1.165, 1.54) is 15.9 Å². The molecule has 1 N–H and O–H groups in total. The summed E-state index contributed by atoms with van der Waals surface area (Å²) in [6.45, 7) is 15.2. The van der Waals surface area contributed by atoms with Gasteiger partial charge in [0.15, 0.2) is 5.82 Å². The maximum absolute atomic E-state index is 13.2. The third kappa shape index (κ3) is 5.10. The molecule has 2 aromatic heterocycles. The van der Waals surface area contributed by atoms with Gasteiger partial charge in [-0.15, -0.1) is 5.10 Å². The number of rotatable bonds is 5. The molecule has 0 aliphatic carbocycles. The fourth-order valence-electron chi connectivity index (χ4n) is 3.91. The summed E-state index contributed by atoms with van der Waals surface area (Å²) < 4.78 is 7.55. The number of phenols is 1. The minimum absolute atomic E-state index is 0.200. The van der Waals surface area contributed by atoms with E-state index in [-0.39, 0.29) is 16.4 Å². The summed E-state index contributed by atoms with van der Waals surface area (Å²) in [7, 11) is 0. The number of benzene rings is 2. The van der Waals surface area contributed by atoms with Crippen molar-refractivity contribution < 1.29 is 9.84 Å². The zero-order valence-electron chi connectivity index (χ0n) is 21.5. The molecule has 4 rings (SSSR count). The van der Waals surface area contributed by atoms with Crippen LogP contribution in [0.2, 0.25) is 0 Å². The van der Waals surface area contributed by atoms with Crippen molar-refractivity contribution in [1.29, 1.82) is 0 Å². The Balaban J connectivity index is 1.76. The van der Waals surface area contributed by atoms with Gasteiger partial charge in [0, 0.05) is 16.7 Å². The van der Waals surface area contributed by atoms with E-state index in [1.54, 1.807) is 0 Å². The summed E-state index contributed by atoms with van der Waals surface area (Å²) in [6, 6.07) is 11.5. The fraction of sp³-hybridized carbons (Fsp3) is 0.393. The number of hydrogen-bond acceptors (Lipinski definition) is 6. The summed E-state index contributed by atoms with van der Waals surface area (Å²) in [5, 5.41) is 15.4.